The van der Waals surface area contributed by atoms with Gasteiger partial charge in [0.15, 0.2) is 0 Å². The van der Waals surface area contributed by atoms with Gasteiger partial charge in [0.25, 0.3) is 5.91 Å². The maximum Gasteiger partial charge on any atom is 0.253 e. The van der Waals surface area contributed by atoms with Gasteiger partial charge in [-0.2, -0.15) is 0 Å². The highest BCUT2D eigenvalue weighted by Crippen LogP contribution is 2.23. The zero-order valence-electron chi connectivity index (χ0n) is 11.2. The first-order chi connectivity index (χ1) is 8.61. The first-order valence-electron chi connectivity index (χ1n) is 6.24. The predicted octanol–water partition coefficient (Wildman–Crippen LogP) is 1.25. The van der Waals surface area contributed by atoms with Crippen LogP contribution < -0.4 is 10.2 Å². The number of ether oxygens (including phenoxy) is 1. The molecule has 4 nitrogen and oxygen atoms in total. The van der Waals surface area contributed by atoms with Gasteiger partial charge in [0.05, 0.1) is 12.6 Å². The smallest absolute Gasteiger partial charge is 0.253 e. The molecule has 1 atom stereocenters. The molecule has 18 heavy (non-hydrogen) atoms. The molecule has 1 unspecified atom stereocenters. The van der Waals surface area contributed by atoms with Crippen LogP contribution in [0.3, 0.4) is 0 Å². The number of amides is 1. The number of hydrogen-bond donors (Lipinski definition) is 1. The highest BCUT2D eigenvalue weighted by atomic mass is 16.5. The Bertz CT molecular complexity index is 423. The van der Waals surface area contributed by atoms with E-state index in [1.807, 2.05) is 11.9 Å². The number of rotatable bonds is 3. The summed E-state index contributed by atoms with van der Waals surface area (Å²) in [7, 11) is 1.89. The summed E-state index contributed by atoms with van der Waals surface area (Å²) in [5, 5.41) is 3.11. The fourth-order valence-corrected chi connectivity index (χ4v) is 2.46. The summed E-state index contributed by atoms with van der Waals surface area (Å²) in [5.74, 6) is 0.0338. The number of nitrogens with one attached hydrogen (secondary N) is 1. The molecule has 1 amide bonds. The first-order valence-corrected chi connectivity index (χ1v) is 6.24. The van der Waals surface area contributed by atoms with E-state index in [1.165, 1.54) is 11.1 Å². The number of morpholine rings is 1. The maximum absolute atomic E-state index is 12.1. The normalized spacial score (nSPS) is 20.3. The molecule has 1 N–H and O–H groups in total. The van der Waals surface area contributed by atoms with E-state index in [4.69, 9.17) is 4.74 Å². The lowest BCUT2D eigenvalue weighted by molar-refractivity contribution is -0.127. The van der Waals surface area contributed by atoms with Gasteiger partial charge in [-0.15, -0.1) is 0 Å². The second-order valence-corrected chi connectivity index (χ2v) is 4.84. The van der Waals surface area contributed by atoms with Crippen molar-refractivity contribution in [3.05, 3.63) is 29.3 Å². The lowest BCUT2D eigenvalue weighted by Gasteiger charge is -2.35. The van der Waals surface area contributed by atoms with Crippen molar-refractivity contribution in [3.63, 3.8) is 0 Å². The molecule has 4 heteroatoms. The van der Waals surface area contributed by atoms with Gasteiger partial charge in [-0.05, 0) is 44.2 Å². The Morgan fingerprint density at radius 2 is 2.00 bits per heavy atom. The monoisotopic (exact) mass is 248 g/mol. The molecule has 0 saturated carbocycles. The van der Waals surface area contributed by atoms with E-state index in [1.54, 1.807) is 0 Å². The number of anilines is 1. The van der Waals surface area contributed by atoms with Crippen molar-refractivity contribution < 1.29 is 9.53 Å². The zero-order valence-corrected chi connectivity index (χ0v) is 11.2. The molecule has 1 aliphatic heterocycles. The van der Waals surface area contributed by atoms with Crippen molar-refractivity contribution in [2.75, 3.05) is 31.7 Å². The van der Waals surface area contributed by atoms with E-state index < -0.39 is 0 Å². The van der Waals surface area contributed by atoms with E-state index in [0.717, 1.165) is 12.2 Å². The maximum atomic E-state index is 12.1. The molecule has 0 radical (unpaired) electrons. The molecule has 1 saturated heterocycles. The first kappa shape index (κ1) is 13.1. The minimum atomic E-state index is 0.0338. The molecule has 0 aliphatic carbocycles. The fraction of sp³-hybridized carbons (Fsp3) is 0.500. The second-order valence-electron chi connectivity index (χ2n) is 4.84. The minimum absolute atomic E-state index is 0.0338. The van der Waals surface area contributed by atoms with Crippen LogP contribution in [0.4, 0.5) is 5.69 Å². The Hall–Kier alpha value is -1.39. The molecule has 1 aromatic carbocycles. The van der Waals surface area contributed by atoms with Crippen LogP contribution in [0, 0.1) is 13.8 Å². The summed E-state index contributed by atoms with van der Waals surface area (Å²) in [5.41, 5.74) is 3.32. The lowest BCUT2D eigenvalue weighted by Crippen LogP contribution is -2.53. The van der Waals surface area contributed by atoms with Crippen molar-refractivity contribution in [2.45, 2.75) is 19.9 Å². The second kappa shape index (κ2) is 5.50. The topological polar surface area (TPSA) is 41.6 Å². The van der Waals surface area contributed by atoms with Crippen LogP contribution in [0.5, 0.6) is 0 Å². The number of benzene rings is 1. The Morgan fingerprint density at radius 3 is 2.61 bits per heavy atom. The van der Waals surface area contributed by atoms with Crippen LogP contribution in [0.2, 0.25) is 0 Å². The number of likely N-dealkylation sites (N-methyl/N-ethyl adjacent to an activating group) is 1. The molecule has 1 heterocycles. The van der Waals surface area contributed by atoms with Gasteiger partial charge in [-0.1, -0.05) is 6.07 Å². The summed E-state index contributed by atoms with van der Waals surface area (Å²) < 4.78 is 5.33. The molecule has 1 aliphatic rings. The van der Waals surface area contributed by atoms with Crippen LogP contribution in [0.1, 0.15) is 11.1 Å². The van der Waals surface area contributed by atoms with Gasteiger partial charge < -0.3 is 15.0 Å². The molecule has 2 rings (SSSR count). The minimum Gasteiger partial charge on any atom is -0.369 e. The third kappa shape index (κ3) is 2.71. The van der Waals surface area contributed by atoms with Gasteiger partial charge in [-0.25, -0.2) is 0 Å². The summed E-state index contributed by atoms with van der Waals surface area (Å²) in [4.78, 5) is 13.9. The average molecular weight is 248 g/mol. The summed E-state index contributed by atoms with van der Waals surface area (Å²) in [6.45, 7) is 5.59. The Balaban J connectivity index is 2.33. The summed E-state index contributed by atoms with van der Waals surface area (Å²) in [6, 6.07) is 6.29. The third-order valence-electron chi connectivity index (χ3n) is 3.09. The van der Waals surface area contributed by atoms with Gasteiger partial charge >= 0.3 is 0 Å². The van der Waals surface area contributed by atoms with Crippen LogP contribution in [-0.4, -0.2) is 38.8 Å². The highest BCUT2D eigenvalue weighted by Gasteiger charge is 2.29. The SMILES string of the molecule is CNCC1COCC(=O)N1c1cc(C)cc(C)c1. The van der Waals surface area contributed by atoms with Gasteiger partial charge in [0.1, 0.15) is 6.61 Å². The van der Waals surface area contributed by atoms with E-state index in [9.17, 15) is 4.79 Å². The molecule has 0 bridgehead atoms. The van der Waals surface area contributed by atoms with Gasteiger partial charge in [-0.3, -0.25) is 4.79 Å². The predicted molar refractivity (Wildman–Crippen MR) is 71.9 cm³/mol. The molecule has 1 aromatic rings. The van der Waals surface area contributed by atoms with Gasteiger partial charge in [0.2, 0.25) is 0 Å². The molecule has 0 aromatic heterocycles. The van der Waals surface area contributed by atoms with Crippen molar-refractivity contribution in [1.29, 1.82) is 0 Å². The number of carbonyl (C=O) groups excluding carboxylic acids is 1. The van der Waals surface area contributed by atoms with E-state index >= 15 is 0 Å². The van der Waals surface area contributed by atoms with Gasteiger partial charge in [0, 0.05) is 12.2 Å². The van der Waals surface area contributed by atoms with Crippen LogP contribution in [0.15, 0.2) is 18.2 Å². The Morgan fingerprint density at radius 1 is 1.33 bits per heavy atom. The van der Waals surface area contributed by atoms with E-state index in [0.29, 0.717) is 6.61 Å². The van der Waals surface area contributed by atoms with Crippen molar-refractivity contribution in [3.8, 4) is 0 Å². The van der Waals surface area contributed by atoms with E-state index in [-0.39, 0.29) is 18.6 Å². The number of nitrogens with zero attached hydrogens (tertiary/aromatic N) is 1. The highest BCUT2D eigenvalue weighted by molar-refractivity contribution is 5.95. The average Bonchev–Trinajstić information content (AvgIpc) is 2.28. The lowest BCUT2D eigenvalue weighted by atomic mass is 10.1. The Kier molecular flexibility index (Phi) is 3.99. The van der Waals surface area contributed by atoms with Crippen molar-refractivity contribution >= 4 is 11.6 Å². The number of aryl methyl sites for hydroxylation is 2. The third-order valence-corrected chi connectivity index (χ3v) is 3.09. The fourth-order valence-electron chi connectivity index (χ4n) is 2.46. The quantitative estimate of drug-likeness (QED) is 0.875. The van der Waals surface area contributed by atoms with Crippen LogP contribution in [0.25, 0.3) is 0 Å². The van der Waals surface area contributed by atoms with E-state index in [2.05, 4.69) is 37.4 Å². The van der Waals surface area contributed by atoms with Crippen LogP contribution >= 0.6 is 0 Å². The zero-order chi connectivity index (χ0) is 13.1. The molecular weight excluding hydrogens is 228 g/mol. The molecular formula is C14H20N2O2. The molecule has 0 spiro atoms. The van der Waals surface area contributed by atoms with Crippen LogP contribution in [-0.2, 0) is 9.53 Å². The molecule has 1 fully saturated rings. The summed E-state index contributed by atoms with van der Waals surface area (Å²) >= 11 is 0. The van der Waals surface area contributed by atoms with Crippen molar-refractivity contribution in [1.82, 2.24) is 5.32 Å². The number of carbonyl (C=O) groups is 1. The number of hydrogen-bond acceptors (Lipinski definition) is 3. The Labute approximate surface area is 108 Å². The standard InChI is InChI=1S/C14H20N2O2/c1-10-4-11(2)6-12(5-10)16-13(7-15-3)8-18-9-14(16)17/h4-6,13,15H,7-9H2,1-3H3. The van der Waals surface area contributed by atoms with Crippen molar-refractivity contribution in [2.24, 2.45) is 0 Å². The molecule has 98 valence electrons. The summed E-state index contributed by atoms with van der Waals surface area (Å²) in [6.07, 6.45) is 0. The largest absolute Gasteiger partial charge is 0.369 e.